The summed E-state index contributed by atoms with van der Waals surface area (Å²) >= 11 is 13.0. The standard InChI is InChI=1S/C23H18Cl2F2N2O4S/c1-2-34(31,32)13-9-7-12(8-10-13)21(30)22-28-16-11-15(24)18(19(25)20(16)29-22)14-5-3-4-6-17(14)33-23(26)27/h3-11,21,23,30H,2H2,1H3,(H,28,29). The zero-order chi connectivity index (χ0) is 24.6. The number of sulfone groups is 1. The van der Waals surface area contributed by atoms with Crippen molar-refractivity contribution in [1.29, 1.82) is 0 Å². The van der Waals surface area contributed by atoms with Crippen molar-refractivity contribution >= 4 is 44.1 Å². The predicted octanol–water partition coefficient (Wildman–Crippen LogP) is 6.01. The van der Waals surface area contributed by atoms with E-state index in [-0.39, 0.29) is 48.9 Å². The van der Waals surface area contributed by atoms with Gasteiger partial charge in [-0.2, -0.15) is 8.78 Å². The largest absolute Gasteiger partial charge is 0.434 e. The van der Waals surface area contributed by atoms with Crippen LogP contribution in [0.3, 0.4) is 0 Å². The number of imidazole rings is 1. The second kappa shape index (κ2) is 9.50. The van der Waals surface area contributed by atoms with Crippen LogP contribution in [0.25, 0.3) is 22.2 Å². The smallest absolute Gasteiger partial charge is 0.387 e. The van der Waals surface area contributed by atoms with Crippen LogP contribution in [0.5, 0.6) is 5.75 Å². The third-order valence-electron chi connectivity index (χ3n) is 5.25. The molecule has 11 heteroatoms. The number of halogens is 4. The summed E-state index contributed by atoms with van der Waals surface area (Å²) < 4.78 is 54.4. The maximum atomic E-state index is 12.9. The second-order valence-electron chi connectivity index (χ2n) is 7.32. The lowest BCUT2D eigenvalue weighted by Gasteiger charge is -2.13. The Hall–Kier alpha value is -2.72. The van der Waals surface area contributed by atoms with Gasteiger partial charge in [0.1, 0.15) is 23.2 Å². The Labute approximate surface area is 204 Å². The number of aromatic amines is 1. The van der Waals surface area contributed by atoms with E-state index in [0.717, 1.165) is 0 Å². The highest BCUT2D eigenvalue weighted by Crippen LogP contribution is 2.43. The number of hydrogen-bond acceptors (Lipinski definition) is 5. The van der Waals surface area contributed by atoms with Gasteiger partial charge in [0.05, 0.1) is 26.2 Å². The second-order valence-corrected chi connectivity index (χ2v) is 10.4. The van der Waals surface area contributed by atoms with Crippen LogP contribution < -0.4 is 4.74 Å². The molecule has 34 heavy (non-hydrogen) atoms. The number of benzene rings is 3. The number of aliphatic hydroxyl groups excluding tert-OH is 1. The van der Waals surface area contributed by atoms with E-state index < -0.39 is 22.6 Å². The van der Waals surface area contributed by atoms with Gasteiger partial charge in [0, 0.05) is 11.1 Å². The van der Waals surface area contributed by atoms with E-state index in [4.69, 9.17) is 23.2 Å². The average molecular weight is 527 g/mol. The van der Waals surface area contributed by atoms with Crippen molar-refractivity contribution in [1.82, 2.24) is 9.97 Å². The first kappa shape index (κ1) is 24.4. The quantitative estimate of drug-likeness (QED) is 0.307. The summed E-state index contributed by atoms with van der Waals surface area (Å²) in [4.78, 5) is 7.50. The molecule has 0 amide bonds. The van der Waals surface area contributed by atoms with Gasteiger partial charge in [-0.25, -0.2) is 13.4 Å². The number of hydrogen-bond donors (Lipinski definition) is 2. The zero-order valence-electron chi connectivity index (χ0n) is 17.6. The molecule has 1 aromatic heterocycles. The first-order valence-electron chi connectivity index (χ1n) is 10.0. The molecule has 1 atom stereocenters. The molecule has 0 saturated carbocycles. The normalized spacial score (nSPS) is 12.9. The molecule has 0 spiro atoms. The van der Waals surface area contributed by atoms with Gasteiger partial charge in [0.25, 0.3) is 0 Å². The molecule has 0 bridgehead atoms. The van der Waals surface area contributed by atoms with Crippen molar-refractivity contribution in [3.8, 4) is 16.9 Å². The maximum Gasteiger partial charge on any atom is 0.387 e. The van der Waals surface area contributed by atoms with E-state index in [0.29, 0.717) is 11.1 Å². The van der Waals surface area contributed by atoms with E-state index in [1.54, 1.807) is 25.1 Å². The van der Waals surface area contributed by atoms with Crippen LogP contribution in [0.4, 0.5) is 8.78 Å². The van der Waals surface area contributed by atoms with Gasteiger partial charge in [-0.15, -0.1) is 0 Å². The van der Waals surface area contributed by atoms with Crippen LogP contribution in [-0.4, -0.2) is 35.9 Å². The van der Waals surface area contributed by atoms with Gasteiger partial charge in [-0.3, -0.25) is 0 Å². The lowest BCUT2D eigenvalue weighted by atomic mass is 10.0. The van der Waals surface area contributed by atoms with Gasteiger partial charge in [0.2, 0.25) is 0 Å². The molecular weight excluding hydrogens is 509 g/mol. The van der Waals surface area contributed by atoms with E-state index >= 15 is 0 Å². The number of alkyl halides is 2. The summed E-state index contributed by atoms with van der Waals surface area (Å²) in [6, 6.07) is 13.5. The topological polar surface area (TPSA) is 92.3 Å². The Kier molecular flexibility index (Phi) is 6.82. The summed E-state index contributed by atoms with van der Waals surface area (Å²) in [5.41, 5.74) is 1.62. The molecule has 0 aliphatic heterocycles. The van der Waals surface area contributed by atoms with Crippen LogP contribution in [0.15, 0.2) is 59.5 Å². The van der Waals surface area contributed by atoms with Crippen molar-refractivity contribution in [2.45, 2.75) is 24.5 Å². The van der Waals surface area contributed by atoms with E-state index in [1.807, 2.05) is 0 Å². The minimum absolute atomic E-state index is 0.0362. The monoisotopic (exact) mass is 526 g/mol. The summed E-state index contributed by atoms with van der Waals surface area (Å²) in [6.45, 7) is -1.48. The number of nitrogens with one attached hydrogen (secondary N) is 1. The number of nitrogens with zero attached hydrogens (tertiary/aromatic N) is 1. The Bertz CT molecular complexity index is 1460. The molecule has 4 rings (SSSR count). The first-order chi connectivity index (χ1) is 16.1. The fraction of sp³-hybridized carbons (Fsp3) is 0.174. The number of aliphatic hydroxyl groups is 1. The number of rotatable bonds is 7. The van der Waals surface area contributed by atoms with Crippen molar-refractivity contribution in [3.05, 3.63) is 76.0 Å². The molecule has 178 valence electrons. The zero-order valence-corrected chi connectivity index (χ0v) is 19.9. The van der Waals surface area contributed by atoms with Crippen molar-refractivity contribution in [2.75, 3.05) is 5.75 Å². The van der Waals surface area contributed by atoms with Crippen molar-refractivity contribution in [2.24, 2.45) is 0 Å². The Morgan fingerprint density at radius 2 is 1.79 bits per heavy atom. The number of aromatic nitrogens is 2. The molecule has 0 radical (unpaired) electrons. The summed E-state index contributed by atoms with van der Waals surface area (Å²) in [6.07, 6.45) is -1.21. The lowest BCUT2D eigenvalue weighted by molar-refractivity contribution is -0.0494. The lowest BCUT2D eigenvalue weighted by Crippen LogP contribution is -2.05. The number of H-pyrrole nitrogens is 1. The third kappa shape index (κ3) is 4.61. The number of para-hydroxylation sites is 1. The highest BCUT2D eigenvalue weighted by atomic mass is 35.5. The molecule has 0 aliphatic rings. The predicted molar refractivity (Wildman–Crippen MR) is 126 cm³/mol. The van der Waals surface area contributed by atoms with E-state index in [2.05, 4.69) is 14.7 Å². The molecule has 1 heterocycles. The van der Waals surface area contributed by atoms with Crippen molar-refractivity contribution in [3.63, 3.8) is 0 Å². The fourth-order valence-corrected chi connectivity index (χ4v) is 5.12. The Morgan fingerprint density at radius 3 is 2.44 bits per heavy atom. The molecular formula is C23H18Cl2F2N2O4S. The minimum atomic E-state index is -3.37. The number of ether oxygens (including phenoxy) is 1. The molecule has 3 aromatic carbocycles. The summed E-state index contributed by atoms with van der Waals surface area (Å²) in [7, 11) is -3.37. The maximum absolute atomic E-state index is 12.9. The van der Waals surface area contributed by atoms with Crippen LogP contribution >= 0.6 is 23.2 Å². The van der Waals surface area contributed by atoms with Crippen LogP contribution in [-0.2, 0) is 9.84 Å². The van der Waals surface area contributed by atoms with Crippen LogP contribution in [0.1, 0.15) is 24.4 Å². The van der Waals surface area contributed by atoms with Gasteiger partial charge in [-0.05, 0) is 29.8 Å². The third-order valence-corrected chi connectivity index (χ3v) is 7.67. The van der Waals surface area contributed by atoms with Gasteiger partial charge >= 0.3 is 6.61 Å². The van der Waals surface area contributed by atoms with Gasteiger partial charge in [-0.1, -0.05) is 60.5 Å². The fourth-order valence-electron chi connectivity index (χ4n) is 3.53. The van der Waals surface area contributed by atoms with Gasteiger partial charge < -0.3 is 14.8 Å². The number of fused-ring (bicyclic) bond motifs is 1. The Balaban J connectivity index is 1.76. The molecule has 0 aliphatic carbocycles. The molecule has 6 nitrogen and oxygen atoms in total. The van der Waals surface area contributed by atoms with Crippen LogP contribution in [0.2, 0.25) is 10.0 Å². The molecule has 0 saturated heterocycles. The molecule has 0 fully saturated rings. The SMILES string of the molecule is CCS(=O)(=O)c1ccc(C(O)c2nc3c(Cl)c(-c4ccccc4OC(F)F)c(Cl)cc3[nH]2)cc1. The minimum Gasteiger partial charge on any atom is -0.434 e. The highest BCUT2D eigenvalue weighted by Gasteiger charge is 2.23. The molecule has 2 N–H and O–H groups in total. The molecule has 1 unspecified atom stereocenters. The average Bonchev–Trinajstić information content (AvgIpc) is 3.23. The highest BCUT2D eigenvalue weighted by molar-refractivity contribution is 7.91. The van der Waals surface area contributed by atoms with Crippen molar-refractivity contribution < 1.29 is 27.0 Å². The van der Waals surface area contributed by atoms with Gasteiger partial charge in [0.15, 0.2) is 9.84 Å². The summed E-state index contributed by atoms with van der Waals surface area (Å²) in [5.74, 6) is 0.0119. The van der Waals surface area contributed by atoms with E-state index in [9.17, 15) is 22.3 Å². The first-order valence-corrected chi connectivity index (χ1v) is 12.5. The summed E-state index contributed by atoms with van der Waals surface area (Å²) in [5, 5.41) is 11.1. The Morgan fingerprint density at radius 1 is 1.12 bits per heavy atom. The van der Waals surface area contributed by atoms with Crippen LogP contribution in [0, 0.1) is 0 Å². The van der Waals surface area contributed by atoms with E-state index in [1.165, 1.54) is 36.4 Å². The molecule has 4 aromatic rings.